The lowest BCUT2D eigenvalue weighted by atomic mass is 10.0. The molecule has 0 saturated heterocycles. The summed E-state index contributed by atoms with van der Waals surface area (Å²) in [5.74, 6) is 0.628. The molecule has 0 saturated carbocycles. The van der Waals surface area contributed by atoms with Gasteiger partial charge in [-0.05, 0) is 45.4 Å². The molecule has 10 heteroatoms. The van der Waals surface area contributed by atoms with Crippen molar-refractivity contribution in [2.45, 2.75) is 51.9 Å². The van der Waals surface area contributed by atoms with Crippen LogP contribution in [0.3, 0.4) is 0 Å². The molecule has 32 heavy (non-hydrogen) atoms. The SMILES string of the molecule is Cc1nc2c(F)cc(-c3nc(NC4CCn5nccc5[C@@H]4O)ncc3Cl)cc2n1C(C)C. The topological polar surface area (TPSA) is 93.7 Å². The number of hydrogen-bond acceptors (Lipinski definition) is 6. The van der Waals surface area contributed by atoms with E-state index in [9.17, 15) is 9.50 Å². The molecular weight excluding hydrogens is 433 g/mol. The van der Waals surface area contributed by atoms with Crippen LogP contribution in [0.4, 0.5) is 10.3 Å². The number of aryl methyl sites for hydroxylation is 2. The Hall–Kier alpha value is -3.04. The van der Waals surface area contributed by atoms with Crippen molar-refractivity contribution in [1.82, 2.24) is 29.3 Å². The van der Waals surface area contributed by atoms with E-state index >= 15 is 0 Å². The first kappa shape index (κ1) is 20.8. The minimum Gasteiger partial charge on any atom is -0.385 e. The van der Waals surface area contributed by atoms with E-state index in [1.165, 1.54) is 12.3 Å². The van der Waals surface area contributed by atoms with Crippen LogP contribution in [0.2, 0.25) is 5.02 Å². The van der Waals surface area contributed by atoms with Crippen molar-refractivity contribution in [1.29, 1.82) is 0 Å². The van der Waals surface area contributed by atoms with Gasteiger partial charge in [0.1, 0.15) is 17.4 Å². The summed E-state index contributed by atoms with van der Waals surface area (Å²) in [6, 6.07) is 4.88. The number of rotatable bonds is 4. The zero-order valence-corrected chi connectivity index (χ0v) is 18.7. The van der Waals surface area contributed by atoms with Gasteiger partial charge in [-0.1, -0.05) is 11.6 Å². The number of anilines is 1. The van der Waals surface area contributed by atoms with Gasteiger partial charge in [-0.15, -0.1) is 0 Å². The Balaban J connectivity index is 1.52. The lowest BCUT2D eigenvalue weighted by Gasteiger charge is -2.29. The smallest absolute Gasteiger partial charge is 0.223 e. The van der Waals surface area contributed by atoms with E-state index in [1.807, 2.05) is 31.4 Å². The maximum atomic E-state index is 14.9. The zero-order valence-electron chi connectivity index (χ0n) is 17.9. The first-order valence-corrected chi connectivity index (χ1v) is 10.9. The molecule has 5 rings (SSSR count). The van der Waals surface area contributed by atoms with Crippen molar-refractivity contribution in [3.05, 3.63) is 53.0 Å². The van der Waals surface area contributed by atoms with E-state index in [0.717, 1.165) is 11.5 Å². The standard InChI is InChI=1S/C22H23ClFN7O/c1-11(2)31-12(3)27-20-15(24)8-13(9-18(20)31)19-14(23)10-25-22(29-19)28-16-5-7-30-17(21(16)32)4-6-26-30/h4,6,8-11,16,21,32H,5,7H2,1-3H3,(H,25,28,29)/t16?,21-/m1/s1. The number of halogens is 2. The van der Waals surface area contributed by atoms with Crippen molar-refractivity contribution in [3.63, 3.8) is 0 Å². The average Bonchev–Trinajstić information content (AvgIpc) is 3.36. The number of nitrogens with zero attached hydrogens (tertiary/aromatic N) is 6. The fourth-order valence-electron chi connectivity index (χ4n) is 4.42. The van der Waals surface area contributed by atoms with Crippen LogP contribution < -0.4 is 5.32 Å². The number of nitrogens with one attached hydrogen (secondary N) is 1. The number of benzene rings is 1. The number of hydrogen-bond donors (Lipinski definition) is 2. The highest BCUT2D eigenvalue weighted by Crippen LogP contribution is 2.33. The minimum atomic E-state index is -0.744. The van der Waals surface area contributed by atoms with Gasteiger partial charge in [0.25, 0.3) is 0 Å². The van der Waals surface area contributed by atoms with Crippen LogP contribution in [0, 0.1) is 12.7 Å². The van der Waals surface area contributed by atoms with Gasteiger partial charge in [-0.25, -0.2) is 19.3 Å². The van der Waals surface area contributed by atoms with E-state index < -0.39 is 11.9 Å². The van der Waals surface area contributed by atoms with E-state index in [1.54, 1.807) is 16.9 Å². The van der Waals surface area contributed by atoms with E-state index in [-0.39, 0.29) is 12.1 Å². The second kappa shape index (κ2) is 7.83. The minimum absolute atomic E-state index is 0.119. The first-order valence-electron chi connectivity index (χ1n) is 10.5. The highest BCUT2D eigenvalue weighted by molar-refractivity contribution is 6.33. The van der Waals surface area contributed by atoms with Crippen LogP contribution in [0.1, 0.15) is 43.9 Å². The van der Waals surface area contributed by atoms with Crippen molar-refractivity contribution in [2.75, 3.05) is 5.32 Å². The van der Waals surface area contributed by atoms with Crippen LogP contribution in [-0.4, -0.2) is 40.4 Å². The van der Waals surface area contributed by atoms with E-state index in [2.05, 4.69) is 25.4 Å². The molecule has 166 valence electrons. The van der Waals surface area contributed by atoms with Crippen molar-refractivity contribution in [2.24, 2.45) is 0 Å². The molecule has 0 radical (unpaired) electrons. The van der Waals surface area contributed by atoms with Crippen molar-refractivity contribution >= 4 is 28.6 Å². The van der Waals surface area contributed by atoms with Crippen LogP contribution in [0.25, 0.3) is 22.3 Å². The molecule has 1 aliphatic heterocycles. The molecule has 1 unspecified atom stereocenters. The fourth-order valence-corrected chi connectivity index (χ4v) is 4.62. The van der Waals surface area contributed by atoms with Gasteiger partial charge in [0.2, 0.25) is 5.95 Å². The normalized spacial score (nSPS) is 18.3. The Labute approximate surface area is 189 Å². The van der Waals surface area contributed by atoms with Gasteiger partial charge < -0.3 is 15.0 Å². The summed E-state index contributed by atoms with van der Waals surface area (Å²) >= 11 is 6.41. The molecule has 3 aromatic heterocycles. The summed E-state index contributed by atoms with van der Waals surface area (Å²) in [5, 5.41) is 18.4. The quantitative estimate of drug-likeness (QED) is 0.476. The van der Waals surface area contributed by atoms with Gasteiger partial charge in [0.15, 0.2) is 5.82 Å². The Kier molecular flexibility index (Phi) is 5.10. The molecule has 0 spiro atoms. The fraction of sp³-hybridized carbons (Fsp3) is 0.364. The van der Waals surface area contributed by atoms with Crippen LogP contribution >= 0.6 is 11.6 Å². The summed E-state index contributed by atoms with van der Waals surface area (Å²) in [6.07, 6.45) is 3.07. The Bertz CT molecular complexity index is 1320. The molecule has 2 atom stereocenters. The lowest BCUT2D eigenvalue weighted by molar-refractivity contribution is 0.120. The van der Waals surface area contributed by atoms with Gasteiger partial charge >= 0.3 is 0 Å². The summed E-state index contributed by atoms with van der Waals surface area (Å²) in [7, 11) is 0. The van der Waals surface area contributed by atoms with Gasteiger partial charge in [-0.2, -0.15) is 5.10 Å². The second-order valence-electron chi connectivity index (χ2n) is 8.30. The number of imidazole rings is 1. The molecule has 0 amide bonds. The molecule has 0 aliphatic carbocycles. The van der Waals surface area contributed by atoms with Crippen molar-refractivity contribution < 1.29 is 9.50 Å². The summed E-state index contributed by atoms with van der Waals surface area (Å²) in [6.45, 7) is 6.60. The third kappa shape index (κ3) is 3.41. The van der Waals surface area contributed by atoms with Gasteiger partial charge in [-0.3, -0.25) is 4.68 Å². The summed E-state index contributed by atoms with van der Waals surface area (Å²) in [5.41, 5.74) is 2.70. The number of aromatic nitrogens is 6. The maximum absolute atomic E-state index is 14.9. The van der Waals surface area contributed by atoms with Crippen molar-refractivity contribution in [3.8, 4) is 11.3 Å². The summed E-state index contributed by atoms with van der Waals surface area (Å²) < 4.78 is 18.7. The largest absolute Gasteiger partial charge is 0.385 e. The number of aliphatic hydroxyl groups excluding tert-OH is 1. The van der Waals surface area contributed by atoms with Gasteiger partial charge in [0, 0.05) is 24.3 Å². The van der Waals surface area contributed by atoms with Crippen LogP contribution in [0.15, 0.2) is 30.6 Å². The third-order valence-corrected chi connectivity index (χ3v) is 6.14. The molecule has 1 aromatic carbocycles. The number of aliphatic hydroxyl groups is 1. The molecule has 2 N–H and O–H groups in total. The number of fused-ring (bicyclic) bond motifs is 2. The predicted octanol–water partition coefficient (Wildman–Crippen LogP) is 4.29. The maximum Gasteiger partial charge on any atom is 0.223 e. The highest BCUT2D eigenvalue weighted by atomic mass is 35.5. The first-order chi connectivity index (χ1) is 15.3. The zero-order chi connectivity index (χ0) is 22.6. The Morgan fingerprint density at radius 2 is 2.09 bits per heavy atom. The second-order valence-corrected chi connectivity index (χ2v) is 8.71. The van der Waals surface area contributed by atoms with E-state index in [4.69, 9.17) is 11.6 Å². The monoisotopic (exact) mass is 455 g/mol. The Morgan fingerprint density at radius 3 is 2.88 bits per heavy atom. The molecule has 0 fully saturated rings. The molecule has 1 aliphatic rings. The highest BCUT2D eigenvalue weighted by Gasteiger charge is 2.29. The molecule has 0 bridgehead atoms. The van der Waals surface area contributed by atoms with Gasteiger partial charge in [0.05, 0.1) is 34.2 Å². The molecule has 4 aromatic rings. The van der Waals surface area contributed by atoms with Crippen LogP contribution in [-0.2, 0) is 6.54 Å². The average molecular weight is 456 g/mol. The molecular formula is C22H23ClFN7O. The molecule has 8 nitrogen and oxygen atoms in total. The Morgan fingerprint density at radius 1 is 1.28 bits per heavy atom. The predicted molar refractivity (Wildman–Crippen MR) is 120 cm³/mol. The molecule has 4 heterocycles. The third-order valence-electron chi connectivity index (χ3n) is 5.86. The van der Waals surface area contributed by atoms with Crippen LogP contribution in [0.5, 0.6) is 0 Å². The lowest BCUT2D eigenvalue weighted by Crippen LogP contribution is -2.35. The van der Waals surface area contributed by atoms with E-state index in [0.29, 0.717) is 46.2 Å². The summed E-state index contributed by atoms with van der Waals surface area (Å²) in [4.78, 5) is 13.2.